The fourth-order valence-corrected chi connectivity index (χ4v) is 8.05. The molecule has 3 saturated carbocycles. The van der Waals surface area contributed by atoms with Crippen LogP contribution in [0.25, 0.3) is 0 Å². The third-order valence-corrected chi connectivity index (χ3v) is 9.43. The third kappa shape index (κ3) is 2.71. The van der Waals surface area contributed by atoms with E-state index in [9.17, 15) is 0 Å². The van der Waals surface area contributed by atoms with Gasteiger partial charge in [-0.2, -0.15) is 0 Å². The van der Waals surface area contributed by atoms with Crippen molar-refractivity contribution in [3.05, 3.63) is 59.7 Å². The maximum absolute atomic E-state index is 3.90. The highest BCUT2D eigenvalue weighted by Gasteiger charge is 2.65. The van der Waals surface area contributed by atoms with Crippen molar-refractivity contribution in [1.29, 1.82) is 0 Å². The Morgan fingerprint density at radius 3 is 2.77 bits per heavy atom. The van der Waals surface area contributed by atoms with Crippen LogP contribution in [-0.2, 0) is 11.8 Å². The first-order valence-corrected chi connectivity index (χ1v) is 12.4. The lowest BCUT2D eigenvalue weighted by Gasteiger charge is -2.57. The molecule has 2 saturated heterocycles. The molecule has 3 N–H and O–H groups in total. The van der Waals surface area contributed by atoms with Crippen molar-refractivity contribution in [2.45, 2.75) is 49.6 Å². The van der Waals surface area contributed by atoms with Gasteiger partial charge in [0.25, 0.3) is 0 Å². The second kappa shape index (κ2) is 6.81. The van der Waals surface area contributed by atoms with Crippen molar-refractivity contribution < 1.29 is 0 Å². The first kappa shape index (κ1) is 18.7. The lowest BCUT2D eigenvalue weighted by Crippen LogP contribution is -2.70. The van der Waals surface area contributed by atoms with Crippen molar-refractivity contribution >= 4 is 11.4 Å². The van der Waals surface area contributed by atoms with Crippen molar-refractivity contribution in [2.24, 2.45) is 11.3 Å². The summed E-state index contributed by atoms with van der Waals surface area (Å²) in [5.74, 6) is 0.767. The molecule has 2 aromatic carbocycles. The number of nitrogens with zero attached hydrogens (tertiary/aromatic N) is 1. The van der Waals surface area contributed by atoms with E-state index in [4.69, 9.17) is 0 Å². The summed E-state index contributed by atoms with van der Waals surface area (Å²) in [4.78, 5) is 2.53. The summed E-state index contributed by atoms with van der Waals surface area (Å²) in [6, 6.07) is 19.8. The molecule has 6 aliphatic rings. The van der Waals surface area contributed by atoms with Gasteiger partial charge in [-0.25, -0.2) is 0 Å². The van der Waals surface area contributed by atoms with Crippen LogP contribution in [0.3, 0.4) is 0 Å². The van der Waals surface area contributed by atoms with Crippen LogP contribution in [0.2, 0.25) is 0 Å². The minimum absolute atomic E-state index is 0.421. The van der Waals surface area contributed by atoms with Crippen LogP contribution in [-0.4, -0.2) is 44.8 Å². The molecule has 4 heteroatoms. The van der Waals surface area contributed by atoms with Gasteiger partial charge in [-0.1, -0.05) is 30.3 Å². The predicted octanol–water partition coefficient (Wildman–Crippen LogP) is 3.34. The number of piperidine rings is 1. The molecule has 31 heavy (non-hydrogen) atoms. The van der Waals surface area contributed by atoms with E-state index in [0.717, 1.165) is 38.5 Å². The van der Waals surface area contributed by atoms with Crippen LogP contribution in [0, 0.1) is 11.3 Å². The van der Waals surface area contributed by atoms with Crippen molar-refractivity contribution in [2.75, 3.05) is 37.6 Å². The summed E-state index contributed by atoms with van der Waals surface area (Å²) in [7, 11) is 0. The monoisotopic (exact) mass is 414 g/mol. The zero-order chi connectivity index (χ0) is 20.5. The van der Waals surface area contributed by atoms with E-state index in [-0.39, 0.29) is 0 Å². The maximum Gasteiger partial charge on any atom is 0.0444 e. The molecule has 0 radical (unpaired) electrons. The van der Waals surface area contributed by atoms with E-state index in [1.165, 1.54) is 49.2 Å². The second-order valence-electron chi connectivity index (χ2n) is 10.9. The van der Waals surface area contributed by atoms with Gasteiger partial charge in [0, 0.05) is 56.2 Å². The number of hydrogen-bond acceptors (Lipinski definition) is 4. The number of rotatable bonds is 3. The van der Waals surface area contributed by atoms with E-state index in [1.807, 2.05) is 0 Å². The summed E-state index contributed by atoms with van der Waals surface area (Å²) in [6.07, 6.45) is 6.71. The maximum atomic E-state index is 3.90. The summed E-state index contributed by atoms with van der Waals surface area (Å²) in [5.41, 5.74) is 6.84. The second-order valence-corrected chi connectivity index (χ2v) is 10.9. The molecule has 0 amide bonds. The summed E-state index contributed by atoms with van der Waals surface area (Å²) in [6.45, 7) is 5.65. The van der Waals surface area contributed by atoms with Crippen LogP contribution in [0.15, 0.2) is 48.5 Å². The van der Waals surface area contributed by atoms with Gasteiger partial charge in [-0.05, 0) is 78.2 Å². The molecular weight excluding hydrogens is 380 g/mol. The number of fused-ring (bicyclic) bond motifs is 3. The molecule has 4 nitrogen and oxygen atoms in total. The van der Waals surface area contributed by atoms with Gasteiger partial charge < -0.3 is 20.9 Å². The van der Waals surface area contributed by atoms with Crippen LogP contribution < -0.4 is 20.9 Å². The van der Waals surface area contributed by atoms with E-state index >= 15 is 0 Å². The topological polar surface area (TPSA) is 39.3 Å². The smallest absolute Gasteiger partial charge is 0.0444 e. The molecule has 2 bridgehead atoms. The number of nitrogens with one attached hydrogen (secondary N) is 3. The Morgan fingerprint density at radius 2 is 1.81 bits per heavy atom. The van der Waals surface area contributed by atoms with Gasteiger partial charge in [-0.15, -0.1) is 0 Å². The first-order chi connectivity index (χ1) is 15.3. The fourth-order valence-electron chi connectivity index (χ4n) is 8.05. The van der Waals surface area contributed by atoms with Crippen LogP contribution in [0.5, 0.6) is 0 Å². The van der Waals surface area contributed by atoms with Gasteiger partial charge in [0.1, 0.15) is 0 Å². The minimum atomic E-state index is 0.421. The molecule has 162 valence electrons. The van der Waals surface area contributed by atoms with E-state index < -0.39 is 0 Å². The summed E-state index contributed by atoms with van der Waals surface area (Å²) < 4.78 is 0. The zero-order valence-corrected chi connectivity index (χ0v) is 18.4. The lowest BCUT2D eigenvalue weighted by molar-refractivity contribution is -0.00608. The standard InChI is InChI=1S/C27H34N4/c1-2-7-24-19(4-1)8-13-31(24)21-6-3-5-20(14-21)26-9-10-27(17-26,18-26)22-15-28-16-23-25(22)30-12-11-29-23/h1-7,14,22-23,25,28-30H,8-13,15-18H2. The van der Waals surface area contributed by atoms with Crippen LogP contribution >= 0.6 is 0 Å². The first-order valence-electron chi connectivity index (χ1n) is 12.4. The highest BCUT2D eigenvalue weighted by molar-refractivity contribution is 5.70. The Morgan fingerprint density at radius 1 is 0.903 bits per heavy atom. The molecule has 3 unspecified atom stereocenters. The Balaban J connectivity index is 1.15. The van der Waals surface area contributed by atoms with Gasteiger partial charge in [-0.3, -0.25) is 0 Å². The Bertz CT molecular complexity index is 992. The molecular formula is C27H34N4. The minimum Gasteiger partial charge on any atom is -0.341 e. The Hall–Kier alpha value is -1.88. The average molecular weight is 415 g/mol. The zero-order valence-electron chi connectivity index (χ0n) is 18.4. The van der Waals surface area contributed by atoms with Gasteiger partial charge in [0.15, 0.2) is 0 Å². The predicted molar refractivity (Wildman–Crippen MR) is 126 cm³/mol. The number of anilines is 2. The molecule has 5 fully saturated rings. The molecule has 3 heterocycles. The Kier molecular flexibility index (Phi) is 4.10. The summed E-state index contributed by atoms with van der Waals surface area (Å²) >= 11 is 0. The summed E-state index contributed by atoms with van der Waals surface area (Å²) in [5, 5.41) is 11.4. The van der Waals surface area contributed by atoms with E-state index in [0.29, 0.717) is 22.9 Å². The normalized spacial score (nSPS) is 38.5. The van der Waals surface area contributed by atoms with E-state index in [1.54, 1.807) is 5.56 Å². The molecule has 3 atom stereocenters. The van der Waals surface area contributed by atoms with E-state index in [2.05, 4.69) is 69.4 Å². The fraction of sp³-hybridized carbons (Fsp3) is 0.556. The lowest BCUT2D eigenvalue weighted by atomic mass is 9.51. The molecule has 0 aromatic heterocycles. The number of benzene rings is 2. The largest absolute Gasteiger partial charge is 0.341 e. The van der Waals surface area contributed by atoms with Crippen LogP contribution in [0.1, 0.15) is 36.8 Å². The molecule has 3 aliphatic carbocycles. The van der Waals surface area contributed by atoms with Gasteiger partial charge in [0.2, 0.25) is 0 Å². The SMILES string of the molecule is c1cc(N2CCc3ccccc32)cc(C23CCC(C4CNCC5NCCNC54)(C2)C3)c1. The number of hydrogen-bond donors (Lipinski definition) is 3. The van der Waals surface area contributed by atoms with Gasteiger partial charge in [0.05, 0.1) is 0 Å². The average Bonchev–Trinajstić information content (AvgIpc) is 3.51. The van der Waals surface area contributed by atoms with Crippen molar-refractivity contribution in [3.63, 3.8) is 0 Å². The molecule has 2 aromatic rings. The van der Waals surface area contributed by atoms with Crippen LogP contribution in [0.4, 0.5) is 11.4 Å². The quantitative estimate of drug-likeness (QED) is 0.720. The highest BCUT2D eigenvalue weighted by atomic mass is 15.2. The third-order valence-electron chi connectivity index (χ3n) is 9.43. The highest BCUT2D eigenvalue weighted by Crippen LogP contribution is 2.71. The van der Waals surface area contributed by atoms with Crippen molar-refractivity contribution in [3.8, 4) is 0 Å². The number of para-hydroxylation sites is 1. The molecule has 8 rings (SSSR count). The van der Waals surface area contributed by atoms with Gasteiger partial charge >= 0.3 is 0 Å². The molecule has 0 spiro atoms. The number of piperazine rings is 1. The Labute approximate surface area is 185 Å². The van der Waals surface area contributed by atoms with Crippen molar-refractivity contribution in [1.82, 2.24) is 16.0 Å². The molecule has 3 aliphatic heterocycles.